The van der Waals surface area contributed by atoms with Crippen molar-refractivity contribution in [1.82, 2.24) is 0 Å². The van der Waals surface area contributed by atoms with Crippen LogP contribution in [0.2, 0.25) is 0 Å². The first-order valence-corrected chi connectivity index (χ1v) is 6.57. The van der Waals surface area contributed by atoms with E-state index in [1.165, 1.54) is 5.57 Å². The van der Waals surface area contributed by atoms with Crippen molar-refractivity contribution in [3.63, 3.8) is 0 Å². The molecule has 0 aromatic carbocycles. The molecule has 3 rings (SSSR count). The topological polar surface area (TPSA) is 26.3 Å². The quantitative estimate of drug-likeness (QED) is 0.600. The number of ketones is 1. The highest BCUT2D eigenvalue weighted by Gasteiger charge is 2.51. The number of Topliss-reactive ketones (excluding diaryl/α,β-unsaturated/α-hetero) is 1. The van der Waals surface area contributed by atoms with Crippen molar-refractivity contribution in [2.75, 3.05) is 6.61 Å². The molecule has 3 unspecified atom stereocenters. The van der Waals surface area contributed by atoms with E-state index < -0.39 is 0 Å². The van der Waals surface area contributed by atoms with Crippen molar-refractivity contribution in [3.05, 3.63) is 23.3 Å². The van der Waals surface area contributed by atoms with Crippen LogP contribution in [0.3, 0.4) is 0 Å². The number of carbonyl (C=O) groups is 1. The maximum atomic E-state index is 12.7. The van der Waals surface area contributed by atoms with Crippen molar-refractivity contribution in [2.24, 2.45) is 17.3 Å². The average Bonchev–Trinajstić information content (AvgIpc) is 2.59. The van der Waals surface area contributed by atoms with Gasteiger partial charge in [0.2, 0.25) is 0 Å². The zero-order valence-electron chi connectivity index (χ0n) is 10.8. The molecule has 2 heteroatoms. The molecule has 1 saturated carbocycles. The first-order valence-electron chi connectivity index (χ1n) is 6.57. The fourth-order valence-corrected chi connectivity index (χ4v) is 3.88. The second-order valence-electron chi connectivity index (χ2n) is 6.12. The highest BCUT2D eigenvalue weighted by atomic mass is 16.5. The predicted octanol–water partition coefficient (Wildman–Crippen LogP) is 2.89. The van der Waals surface area contributed by atoms with Crippen LogP contribution in [0.25, 0.3) is 0 Å². The van der Waals surface area contributed by atoms with E-state index in [0.29, 0.717) is 11.7 Å². The molecule has 0 bridgehead atoms. The van der Waals surface area contributed by atoms with E-state index in [-0.39, 0.29) is 17.4 Å². The fraction of sp³-hybridized carbons (Fsp3) is 0.667. The molecule has 92 valence electrons. The third-order valence-corrected chi connectivity index (χ3v) is 4.67. The van der Waals surface area contributed by atoms with Crippen LogP contribution in [0.1, 0.15) is 33.6 Å². The van der Waals surface area contributed by atoms with Gasteiger partial charge in [0.25, 0.3) is 0 Å². The molecule has 0 N–H and O–H groups in total. The predicted molar refractivity (Wildman–Crippen MR) is 66.6 cm³/mol. The maximum absolute atomic E-state index is 12.7. The van der Waals surface area contributed by atoms with Gasteiger partial charge in [-0.1, -0.05) is 31.6 Å². The Morgan fingerprint density at radius 2 is 2.24 bits per heavy atom. The molecule has 0 aromatic heterocycles. The summed E-state index contributed by atoms with van der Waals surface area (Å²) in [4.78, 5) is 12.7. The Balaban J connectivity index is 2.07. The monoisotopic (exact) mass is 232 g/mol. The summed E-state index contributed by atoms with van der Waals surface area (Å²) >= 11 is 0. The standard InChI is InChI=1S/C15H20O2/c1-9-5-4-6-15(3)7-11-12(10(2)8-17-11)14(16)13(9)15/h4,6,10-12H,5,7-8H2,1-3H3/t10?,11?,12?,15-/m0/s1. The first kappa shape index (κ1) is 11.2. The van der Waals surface area contributed by atoms with Gasteiger partial charge in [0.15, 0.2) is 5.78 Å². The minimum atomic E-state index is -0.0787. The Bertz CT molecular complexity index is 432. The summed E-state index contributed by atoms with van der Waals surface area (Å²) in [6, 6.07) is 0. The van der Waals surface area contributed by atoms with Gasteiger partial charge in [-0.3, -0.25) is 4.79 Å². The van der Waals surface area contributed by atoms with Gasteiger partial charge in [-0.2, -0.15) is 0 Å². The molecule has 1 heterocycles. The largest absolute Gasteiger partial charge is 0.377 e. The van der Waals surface area contributed by atoms with Gasteiger partial charge in [-0.25, -0.2) is 0 Å². The zero-order valence-corrected chi connectivity index (χ0v) is 10.8. The molecule has 1 aliphatic heterocycles. The van der Waals surface area contributed by atoms with E-state index in [9.17, 15) is 4.79 Å². The summed E-state index contributed by atoms with van der Waals surface area (Å²) in [6.45, 7) is 7.17. The van der Waals surface area contributed by atoms with E-state index in [1.807, 2.05) is 0 Å². The lowest BCUT2D eigenvalue weighted by Crippen LogP contribution is -2.44. The molecule has 2 aliphatic carbocycles. The van der Waals surface area contributed by atoms with E-state index in [1.54, 1.807) is 0 Å². The summed E-state index contributed by atoms with van der Waals surface area (Å²) in [5.74, 6) is 0.846. The van der Waals surface area contributed by atoms with Crippen LogP contribution in [-0.4, -0.2) is 18.5 Å². The number of hydrogen-bond donors (Lipinski definition) is 0. The summed E-state index contributed by atoms with van der Waals surface area (Å²) in [7, 11) is 0. The third kappa shape index (κ3) is 1.46. The SMILES string of the molecule is CC1=C2C(=O)C3C(C)COC3C[C@]2(C)C=CC1. The van der Waals surface area contributed by atoms with Gasteiger partial charge in [-0.15, -0.1) is 0 Å². The van der Waals surface area contributed by atoms with Crippen LogP contribution < -0.4 is 0 Å². The molecule has 3 aliphatic rings. The van der Waals surface area contributed by atoms with E-state index in [0.717, 1.165) is 25.0 Å². The summed E-state index contributed by atoms with van der Waals surface area (Å²) in [5.41, 5.74) is 2.26. The van der Waals surface area contributed by atoms with Crippen LogP contribution in [-0.2, 0) is 9.53 Å². The van der Waals surface area contributed by atoms with E-state index in [4.69, 9.17) is 4.74 Å². The Kier molecular flexibility index (Phi) is 2.34. The molecule has 4 atom stereocenters. The van der Waals surface area contributed by atoms with Crippen molar-refractivity contribution in [2.45, 2.75) is 39.7 Å². The van der Waals surface area contributed by atoms with Crippen molar-refractivity contribution < 1.29 is 9.53 Å². The Hall–Kier alpha value is -0.890. The molecule has 0 spiro atoms. The van der Waals surface area contributed by atoms with Crippen LogP contribution >= 0.6 is 0 Å². The Labute approximate surface area is 103 Å². The molecular formula is C15H20O2. The van der Waals surface area contributed by atoms with Gasteiger partial charge < -0.3 is 4.74 Å². The number of allylic oxidation sites excluding steroid dienone is 4. The lowest BCUT2D eigenvalue weighted by molar-refractivity contribution is -0.125. The Morgan fingerprint density at radius 3 is 3.00 bits per heavy atom. The van der Waals surface area contributed by atoms with Gasteiger partial charge in [-0.05, 0) is 25.7 Å². The van der Waals surface area contributed by atoms with Crippen LogP contribution in [0, 0.1) is 17.3 Å². The second kappa shape index (κ2) is 3.55. The van der Waals surface area contributed by atoms with E-state index >= 15 is 0 Å². The first-order chi connectivity index (χ1) is 8.03. The molecule has 0 radical (unpaired) electrons. The second-order valence-corrected chi connectivity index (χ2v) is 6.12. The third-order valence-electron chi connectivity index (χ3n) is 4.67. The van der Waals surface area contributed by atoms with E-state index in [2.05, 4.69) is 32.9 Å². The normalized spacial score (nSPS) is 44.9. The molecule has 2 nitrogen and oxygen atoms in total. The molecule has 17 heavy (non-hydrogen) atoms. The lowest BCUT2D eigenvalue weighted by Gasteiger charge is -2.42. The van der Waals surface area contributed by atoms with Crippen LogP contribution in [0.4, 0.5) is 0 Å². The molecule has 1 saturated heterocycles. The van der Waals surface area contributed by atoms with Gasteiger partial charge in [0.05, 0.1) is 18.6 Å². The fourth-order valence-electron chi connectivity index (χ4n) is 3.88. The van der Waals surface area contributed by atoms with Crippen LogP contribution in [0.5, 0.6) is 0 Å². The number of rotatable bonds is 0. The number of hydrogen-bond acceptors (Lipinski definition) is 2. The number of carbonyl (C=O) groups excluding carboxylic acids is 1. The minimum absolute atomic E-state index is 0.0787. The summed E-state index contributed by atoms with van der Waals surface area (Å²) in [5, 5.41) is 0. The van der Waals surface area contributed by atoms with Gasteiger partial charge >= 0.3 is 0 Å². The summed E-state index contributed by atoms with van der Waals surface area (Å²) < 4.78 is 5.81. The van der Waals surface area contributed by atoms with Gasteiger partial charge in [0.1, 0.15) is 0 Å². The van der Waals surface area contributed by atoms with Crippen molar-refractivity contribution in [1.29, 1.82) is 0 Å². The minimum Gasteiger partial charge on any atom is -0.377 e. The number of fused-ring (bicyclic) bond motifs is 2. The maximum Gasteiger partial charge on any atom is 0.165 e. The molecule has 0 amide bonds. The van der Waals surface area contributed by atoms with Gasteiger partial charge in [0, 0.05) is 11.0 Å². The average molecular weight is 232 g/mol. The zero-order chi connectivity index (χ0) is 12.2. The molecule has 0 aromatic rings. The van der Waals surface area contributed by atoms with Crippen molar-refractivity contribution in [3.8, 4) is 0 Å². The smallest absolute Gasteiger partial charge is 0.165 e. The summed E-state index contributed by atoms with van der Waals surface area (Å²) in [6.07, 6.45) is 6.46. The lowest BCUT2D eigenvalue weighted by atomic mass is 9.61. The molecular weight excluding hydrogens is 212 g/mol. The van der Waals surface area contributed by atoms with Crippen LogP contribution in [0.15, 0.2) is 23.3 Å². The Morgan fingerprint density at radius 1 is 1.47 bits per heavy atom. The highest BCUT2D eigenvalue weighted by molar-refractivity contribution is 6.01. The highest BCUT2D eigenvalue weighted by Crippen LogP contribution is 2.50. The number of ether oxygens (including phenoxy) is 1. The van der Waals surface area contributed by atoms with Crippen molar-refractivity contribution >= 4 is 5.78 Å². The molecule has 2 fully saturated rings.